The SMILES string of the molecule is COC(=O)c1cccc(NCC(=O)N2CCCC3CCCCC32)c1. The van der Waals surface area contributed by atoms with Crippen LogP contribution in [-0.4, -0.2) is 43.0 Å². The molecule has 0 spiro atoms. The van der Waals surface area contributed by atoms with E-state index in [0.29, 0.717) is 17.5 Å². The first-order chi connectivity index (χ1) is 11.7. The number of ether oxygens (including phenoxy) is 1. The van der Waals surface area contributed by atoms with E-state index in [2.05, 4.69) is 10.2 Å². The number of amides is 1. The lowest BCUT2D eigenvalue weighted by Crippen LogP contribution is -2.51. The first kappa shape index (κ1) is 16.8. The van der Waals surface area contributed by atoms with Gasteiger partial charge in [0.15, 0.2) is 0 Å². The number of fused-ring (bicyclic) bond motifs is 1. The average Bonchev–Trinajstić information content (AvgIpc) is 2.65. The van der Waals surface area contributed by atoms with Crippen molar-refractivity contribution >= 4 is 17.6 Å². The van der Waals surface area contributed by atoms with Crippen LogP contribution in [0.3, 0.4) is 0 Å². The molecule has 0 bridgehead atoms. The maximum absolute atomic E-state index is 12.7. The van der Waals surface area contributed by atoms with Crippen molar-refractivity contribution in [3.05, 3.63) is 29.8 Å². The number of piperidine rings is 1. The van der Waals surface area contributed by atoms with Gasteiger partial charge < -0.3 is 15.0 Å². The summed E-state index contributed by atoms with van der Waals surface area (Å²) in [5.41, 5.74) is 1.25. The number of benzene rings is 1. The van der Waals surface area contributed by atoms with Crippen LogP contribution in [0.15, 0.2) is 24.3 Å². The molecule has 2 aliphatic rings. The Morgan fingerprint density at radius 2 is 2.00 bits per heavy atom. The van der Waals surface area contributed by atoms with Crippen molar-refractivity contribution in [2.45, 2.75) is 44.6 Å². The Labute approximate surface area is 143 Å². The molecule has 2 unspecified atom stereocenters. The molecule has 0 radical (unpaired) electrons. The maximum Gasteiger partial charge on any atom is 0.337 e. The third-order valence-corrected chi connectivity index (χ3v) is 5.29. The number of carbonyl (C=O) groups is 2. The predicted molar refractivity (Wildman–Crippen MR) is 93.0 cm³/mol. The standard InChI is InChI=1S/C19H26N2O3/c1-24-19(23)15-7-4-9-16(12-15)20-13-18(22)21-11-5-8-14-6-2-3-10-17(14)21/h4,7,9,12,14,17,20H,2-3,5-6,8,10-11,13H2,1H3. The molecule has 0 aromatic heterocycles. The number of carbonyl (C=O) groups excluding carboxylic acids is 2. The van der Waals surface area contributed by atoms with Crippen LogP contribution in [0, 0.1) is 5.92 Å². The number of anilines is 1. The molecule has 2 atom stereocenters. The Bertz CT molecular complexity index is 600. The van der Waals surface area contributed by atoms with E-state index in [-0.39, 0.29) is 18.4 Å². The van der Waals surface area contributed by atoms with Crippen LogP contribution in [0.5, 0.6) is 0 Å². The van der Waals surface area contributed by atoms with Crippen molar-refractivity contribution in [2.24, 2.45) is 5.92 Å². The highest BCUT2D eigenvalue weighted by Gasteiger charge is 2.35. The summed E-state index contributed by atoms with van der Waals surface area (Å²) in [6.07, 6.45) is 7.34. The molecule has 1 aliphatic heterocycles. The number of rotatable bonds is 4. The first-order valence-corrected chi connectivity index (χ1v) is 8.91. The molecule has 2 fully saturated rings. The molecule has 130 valence electrons. The average molecular weight is 330 g/mol. The molecule has 1 N–H and O–H groups in total. The molecule has 5 nitrogen and oxygen atoms in total. The van der Waals surface area contributed by atoms with E-state index in [1.165, 1.54) is 32.8 Å². The Morgan fingerprint density at radius 1 is 1.21 bits per heavy atom. The minimum absolute atomic E-state index is 0.162. The number of hydrogen-bond acceptors (Lipinski definition) is 4. The van der Waals surface area contributed by atoms with Gasteiger partial charge in [-0.2, -0.15) is 0 Å². The lowest BCUT2D eigenvalue weighted by atomic mass is 9.78. The molecular weight excluding hydrogens is 304 g/mol. The number of hydrogen-bond donors (Lipinski definition) is 1. The van der Waals surface area contributed by atoms with Crippen LogP contribution < -0.4 is 5.32 Å². The largest absolute Gasteiger partial charge is 0.465 e. The summed E-state index contributed by atoms with van der Waals surface area (Å²) >= 11 is 0. The van der Waals surface area contributed by atoms with E-state index >= 15 is 0 Å². The highest BCUT2D eigenvalue weighted by Crippen LogP contribution is 2.35. The van der Waals surface area contributed by atoms with Crippen molar-refractivity contribution < 1.29 is 14.3 Å². The predicted octanol–water partition coefficient (Wildman–Crippen LogP) is 3.07. The fourth-order valence-corrected chi connectivity index (χ4v) is 4.09. The summed E-state index contributed by atoms with van der Waals surface area (Å²) in [6.45, 7) is 1.15. The molecule has 5 heteroatoms. The van der Waals surface area contributed by atoms with Crippen molar-refractivity contribution in [2.75, 3.05) is 25.5 Å². The number of nitrogens with zero attached hydrogens (tertiary/aromatic N) is 1. The molecule has 1 aromatic rings. The van der Waals surface area contributed by atoms with Crippen LogP contribution in [0.25, 0.3) is 0 Å². The molecule has 1 saturated carbocycles. The van der Waals surface area contributed by atoms with Gasteiger partial charge in [-0.25, -0.2) is 4.79 Å². The van der Waals surface area contributed by atoms with Crippen LogP contribution >= 0.6 is 0 Å². The second kappa shape index (κ2) is 7.69. The number of likely N-dealkylation sites (tertiary alicyclic amines) is 1. The molecule has 1 aromatic carbocycles. The molecule has 1 saturated heterocycles. The van der Waals surface area contributed by atoms with Gasteiger partial charge in [-0.05, 0) is 49.8 Å². The van der Waals surface area contributed by atoms with Gasteiger partial charge in [-0.15, -0.1) is 0 Å². The lowest BCUT2D eigenvalue weighted by molar-refractivity contribution is -0.135. The van der Waals surface area contributed by atoms with Gasteiger partial charge in [0.05, 0.1) is 19.2 Å². The normalized spacial score (nSPS) is 23.3. The van der Waals surface area contributed by atoms with E-state index in [0.717, 1.165) is 25.1 Å². The van der Waals surface area contributed by atoms with Gasteiger partial charge in [0.25, 0.3) is 0 Å². The zero-order valence-electron chi connectivity index (χ0n) is 14.3. The van der Waals surface area contributed by atoms with Crippen LogP contribution in [0.4, 0.5) is 5.69 Å². The Hall–Kier alpha value is -2.04. The topological polar surface area (TPSA) is 58.6 Å². The summed E-state index contributed by atoms with van der Waals surface area (Å²) in [5, 5.41) is 3.16. The van der Waals surface area contributed by atoms with Gasteiger partial charge in [-0.1, -0.05) is 18.9 Å². The molecule has 3 rings (SSSR count). The third-order valence-electron chi connectivity index (χ3n) is 5.29. The summed E-state index contributed by atoms with van der Waals surface area (Å²) < 4.78 is 4.73. The fraction of sp³-hybridized carbons (Fsp3) is 0.579. The monoisotopic (exact) mass is 330 g/mol. The van der Waals surface area contributed by atoms with Gasteiger partial charge in [0, 0.05) is 18.3 Å². The highest BCUT2D eigenvalue weighted by molar-refractivity contribution is 5.90. The summed E-state index contributed by atoms with van der Waals surface area (Å²) in [6, 6.07) is 7.51. The van der Waals surface area contributed by atoms with E-state index < -0.39 is 0 Å². The zero-order valence-corrected chi connectivity index (χ0v) is 14.3. The number of methoxy groups -OCH3 is 1. The third kappa shape index (κ3) is 3.71. The number of esters is 1. The van der Waals surface area contributed by atoms with Gasteiger partial charge in [-0.3, -0.25) is 4.79 Å². The van der Waals surface area contributed by atoms with E-state index in [1.54, 1.807) is 18.2 Å². The van der Waals surface area contributed by atoms with Gasteiger partial charge in [0.1, 0.15) is 0 Å². The minimum atomic E-state index is -0.369. The Kier molecular flexibility index (Phi) is 5.38. The molecule has 24 heavy (non-hydrogen) atoms. The Morgan fingerprint density at radius 3 is 2.83 bits per heavy atom. The van der Waals surface area contributed by atoms with Crippen molar-refractivity contribution in [1.82, 2.24) is 4.90 Å². The van der Waals surface area contributed by atoms with Gasteiger partial charge in [0.2, 0.25) is 5.91 Å². The van der Waals surface area contributed by atoms with Crippen LogP contribution in [0.2, 0.25) is 0 Å². The van der Waals surface area contributed by atoms with Crippen LogP contribution in [0.1, 0.15) is 48.9 Å². The minimum Gasteiger partial charge on any atom is -0.465 e. The van der Waals surface area contributed by atoms with Crippen molar-refractivity contribution in [3.63, 3.8) is 0 Å². The Balaban J connectivity index is 1.60. The van der Waals surface area contributed by atoms with E-state index in [9.17, 15) is 9.59 Å². The second-order valence-electron chi connectivity index (χ2n) is 6.77. The summed E-state index contributed by atoms with van der Waals surface area (Å²) in [4.78, 5) is 26.3. The van der Waals surface area contributed by atoms with Gasteiger partial charge >= 0.3 is 5.97 Å². The fourth-order valence-electron chi connectivity index (χ4n) is 4.09. The smallest absolute Gasteiger partial charge is 0.337 e. The molecular formula is C19H26N2O3. The van der Waals surface area contributed by atoms with Crippen molar-refractivity contribution in [3.8, 4) is 0 Å². The highest BCUT2D eigenvalue weighted by atomic mass is 16.5. The first-order valence-electron chi connectivity index (χ1n) is 8.91. The second-order valence-corrected chi connectivity index (χ2v) is 6.77. The molecule has 1 aliphatic carbocycles. The quantitative estimate of drug-likeness (QED) is 0.862. The zero-order chi connectivity index (χ0) is 16.9. The summed E-state index contributed by atoms with van der Waals surface area (Å²) in [5.74, 6) is 0.486. The maximum atomic E-state index is 12.7. The lowest BCUT2D eigenvalue weighted by Gasteiger charge is -2.44. The number of nitrogens with one attached hydrogen (secondary N) is 1. The summed E-state index contributed by atoms with van der Waals surface area (Å²) in [7, 11) is 1.36. The van der Waals surface area contributed by atoms with Crippen molar-refractivity contribution in [1.29, 1.82) is 0 Å². The molecule has 1 heterocycles. The van der Waals surface area contributed by atoms with E-state index in [4.69, 9.17) is 4.74 Å². The van der Waals surface area contributed by atoms with Crippen LogP contribution in [-0.2, 0) is 9.53 Å². The molecule has 1 amide bonds. The van der Waals surface area contributed by atoms with E-state index in [1.807, 2.05) is 6.07 Å².